The molecule has 1 fully saturated rings. The summed E-state index contributed by atoms with van der Waals surface area (Å²) < 4.78 is 4.92. The van der Waals surface area contributed by atoms with E-state index in [1.165, 1.54) is 0 Å². The maximum Gasteiger partial charge on any atom is 0.323 e. The molecule has 4 heteroatoms. The van der Waals surface area contributed by atoms with Crippen LogP contribution >= 0.6 is 0 Å². The van der Waals surface area contributed by atoms with Gasteiger partial charge in [0.2, 0.25) is 0 Å². The van der Waals surface area contributed by atoms with Gasteiger partial charge in [-0.1, -0.05) is 0 Å². The van der Waals surface area contributed by atoms with Gasteiger partial charge in [0, 0.05) is 19.8 Å². The number of carboxylic acids is 1. The second-order valence-electron chi connectivity index (χ2n) is 4.15. The number of ether oxygens (including phenoxy) is 1. The number of hydrogen-bond donors (Lipinski definition) is 2. The molecule has 0 bridgehead atoms. The van der Waals surface area contributed by atoms with Crippen molar-refractivity contribution in [3.63, 3.8) is 0 Å². The maximum absolute atomic E-state index is 11.1. The van der Waals surface area contributed by atoms with Crippen LogP contribution in [0.15, 0.2) is 0 Å². The molecule has 0 amide bonds. The summed E-state index contributed by atoms with van der Waals surface area (Å²) in [4.78, 5) is 11.1. The Morgan fingerprint density at radius 2 is 2.29 bits per heavy atom. The molecule has 0 spiro atoms. The highest BCUT2D eigenvalue weighted by atomic mass is 16.5. The molecular weight excluding hydrogens is 182 g/mol. The van der Waals surface area contributed by atoms with Crippen molar-refractivity contribution in [3.8, 4) is 0 Å². The Labute approximate surface area is 84.6 Å². The van der Waals surface area contributed by atoms with E-state index in [4.69, 9.17) is 9.84 Å². The zero-order valence-electron chi connectivity index (χ0n) is 8.88. The van der Waals surface area contributed by atoms with Crippen molar-refractivity contribution >= 4 is 5.97 Å². The van der Waals surface area contributed by atoms with Crippen LogP contribution in [-0.2, 0) is 9.53 Å². The number of carbonyl (C=O) groups is 1. The molecule has 1 atom stereocenters. The lowest BCUT2D eigenvalue weighted by atomic mass is 9.96. The SMILES string of the molecule is COCCCC(C)(NC1CC1)C(=O)O. The van der Waals surface area contributed by atoms with Crippen LogP contribution in [0.1, 0.15) is 32.6 Å². The normalized spacial score (nSPS) is 20.4. The van der Waals surface area contributed by atoms with Gasteiger partial charge in [0.15, 0.2) is 0 Å². The van der Waals surface area contributed by atoms with Crippen LogP contribution < -0.4 is 5.32 Å². The molecule has 0 aromatic rings. The summed E-state index contributed by atoms with van der Waals surface area (Å²) in [5, 5.41) is 12.3. The Morgan fingerprint density at radius 3 is 2.71 bits per heavy atom. The van der Waals surface area contributed by atoms with Crippen molar-refractivity contribution in [2.24, 2.45) is 0 Å². The van der Waals surface area contributed by atoms with Crippen LogP contribution in [0.25, 0.3) is 0 Å². The molecule has 2 N–H and O–H groups in total. The van der Waals surface area contributed by atoms with Crippen molar-refractivity contribution < 1.29 is 14.6 Å². The van der Waals surface area contributed by atoms with Gasteiger partial charge in [0.05, 0.1) is 0 Å². The monoisotopic (exact) mass is 201 g/mol. The van der Waals surface area contributed by atoms with Gasteiger partial charge in [0.25, 0.3) is 0 Å². The Hall–Kier alpha value is -0.610. The Morgan fingerprint density at radius 1 is 1.64 bits per heavy atom. The van der Waals surface area contributed by atoms with E-state index in [1.807, 2.05) is 0 Å². The van der Waals surface area contributed by atoms with Gasteiger partial charge in [-0.15, -0.1) is 0 Å². The highest BCUT2D eigenvalue weighted by molar-refractivity contribution is 5.78. The van der Waals surface area contributed by atoms with Crippen LogP contribution in [-0.4, -0.2) is 36.4 Å². The summed E-state index contributed by atoms with van der Waals surface area (Å²) in [6.07, 6.45) is 3.60. The zero-order valence-corrected chi connectivity index (χ0v) is 8.88. The van der Waals surface area contributed by atoms with Gasteiger partial charge in [-0.2, -0.15) is 0 Å². The summed E-state index contributed by atoms with van der Waals surface area (Å²) in [6, 6.07) is 0.415. The standard InChI is InChI=1S/C10H19NO3/c1-10(9(12)13,6-3-7-14-2)11-8-4-5-8/h8,11H,3-7H2,1-2H3,(H,12,13). The highest BCUT2D eigenvalue weighted by Gasteiger charge is 2.37. The molecule has 0 radical (unpaired) electrons. The zero-order chi connectivity index (χ0) is 10.6. The minimum atomic E-state index is -0.778. The fourth-order valence-electron chi connectivity index (χ4n) is 1.49. The average Bonchev–Trinajstić information content (AvgIpc) is 2.88. The second-order valence-corrected chi connectivity index (χ2v) is 4.15. The number of methoxy groups -OCH3 is 1. The van der Waals surface area contributed by atoms with Crippen molar-refractivity contribution in [1.29, 1.82) is 0 Å². The van der Waals surface area contributed by atoms with Crippen molar-refractivity contribution in [1.82, 2.24) is 5.32 Å². The Balaban J connectivity index is 2.38. The van der Waals surface area contributed by atoms with Gasteiger partial charge in [-0.25, -0.2) is 0 Å². The fraction of sp³-hybridized carbons (Fsp3) is 0.900. The lowest BCUT2D eigenvalue weighted by molar-refractivity contribution is -0.144. The maximum atomic E-state index is 11.1. The van der Waals surface area contributed by atoms with Gasteiger partial charge in [-0.05, 0) is 32.6 Å². The van der Waals surface area contributed by atoms with Gasteiger partial charge in [-0.3, -0.25) is 10.1 Å². The predicted octanol–water partition coefficient (Wildman–Crippen LogP) is 1.01. The number of aliphatic carboxylic acids is 1. The summed E-state index contributed by atoms with van der Waals surface area (Å²) in [7, 11) is 1.63. The predicted molar refractivity (Wildman–Crippen MR) is 53.3 cm³/mol. The van der Waals surface area contributed by atoms with E-state index >= 15 is 0 Å². The molecule has 4 nitrogen and oxygen atoms in total. The number of carboxylic acid groups (broad SMARTS) is 1. The van der Waals surface area contributed by atoms with Gasteiger partial charge >= 0.3 is 5.97 Å². The minimum Gasteiger partial charge on any atom is -0.480 e. The summed E-state index contributed by atoms with van der Waals surface area (Å²) in [5.41, 5.74) is -0.778. The van der Waals surface area contributed by atoms with E-state index < -0.39 is 11.5 Å². The topological polar surface area (TPSA) is 58.6 Å². The number of hydrogen-bond acceptors (Lipinski definition) is 3. The quantitative estimate of drug-likeness (QED) is 0.603. The van der Waals surface area contributed by atoms with Crippen LogP contribution in [0.3, 0.4) is 0 Å². The molecule has 0 aromatic heterocycles. The first-order valence-corrected chi connectivity index (χ1v) is 5.08. The summed E-state index contributed by atoms with van der Waals surface area (Å²) in [6.45, 7) is 2.37. The van der Waals surface area contributed by atoms with E-state index in [1.54, 1.807) is 14.0 Å². The van der Waals surface area contributed by atoms with E-state index in [9.17, 15) is 4.79 Å². The molecule has 14 heavy (non-hydrogen) atoms. The molecule has 0 saturated heterocycles. The van der Waals surface area contributed by atoms with E-state index in [-0.39, 0.29) is 0 Å². The van der Waals surface area contributed by atoms with Crippen molar-refractivity contribution in [2.45, 2.75) is 44.2 Å². The Kier molecular flexibility index (Phi) is 3.89. The smallest absolute Gasteiger partial charge is 0.323 e. The fourth-order valence-corrected chi connectivity index (χ4v) is 1.49. The molecule has 82 valence electrons. The highest BCUT2D eigenvalue weighted by Crippen LogP contribution is 2.24. The van der Waals surface area contributed by atoms with Crippen molar-refractivity contribution in [3.05, 3.63) is 0 Å². The van der Waals surface area contributed by atoms with E-state index in [2.05, 4.69) is 5.32 Å². The number of rotatable bonds is 7. The minimum absolute atomic E-state index is 0.415. The average molecular weight is 201 g/mol. The second kappa shape index (κ2) is 4.75. The molecule has 1 aliphatic carbocycles. The third kappa shape index (κ3) is 3.27. The van der Waals surface area contributed by atoms with Crippen LogP contribution in [0.2, 0.25) is 0 Å². The molecule has 1 saturated carbocycles. The first-order chi connectivity index (χ1) is 6.58. The lowest BCUT2D eigenvalue weighted by Gasteiger charge is -2.26. The van der Waals surface area contributed by atoms with Crippen LogP contribution in [0, 0.1) is 0 Å². The molecule has 0 aliphatic heterocycles. The first kappa shape index (κ1) is 11.5. The summed E-state index contributed by atoms with van der Waals surface area (Å²) in [5.74, 6) is -0.763. The molecule has 0 heterocycles. The molecule has 0 aromatic carbocycles. The van der Waals surface area contributed by atoms with Crippen LogP contribution in [0.4, 0.5) is 0 Å². The third-order valence-electron chi connectivity index (χ3n) is 2.60. The first-order valence-electron chi connectivity index (χ1n) is 5.08. The van der Waals surface area contributed by atoms with Crippen molar-refractivity contribution in [2.75, 3.05) is 13.7 Å². The number of nitrogens with one attached hydrogen (secondary N) is 1. The molecule has 1 unspecified atom stereocenters. The van der Waals surface area contributed by atoms with Gasteiger partial charge < -0.3 is 9.84 Å². The third-order valence-corrected chi connectivity index (χ3v) is 2.60. The molecule has 1 rings (SSSR count). The van der Waals surface area contributed by atoms with Gasteiger partial charge in [0.1, 0.15) is 5.54 Å². The molecular formula is C10H19NO3. The Bertz CT molecular complexity index is 204. The largest absolute Gasteiger partial charge is 0.480 e. The summed E-state index contributed by atoms with van der Waals surface area (Å²) >= 11 is 0. The molecule has 1 aliphatic rings. The lowest BCUT2D eigenvalue weighted by Crippen LogP contribution is -2.50. The van der Waals surface area contributed by atoms with Crippen LogP contribution in [0.5, 0.6) is 0 Å². The van der Waals surface area contributed by atoms with E-state index in [0.29, 0.717) is 19.1 Å². The van der Waals surface area contributed by atoms with E-state index in [0.717, 1.165) is 19.3 Å².